The summed E-state index contributed by atoms with van der Waals surface area (Å²) >= 11 is 6.51. The molecule has 0 N–H and O–H groups in total. The zero-order valence-electron chi connectivity index (χ0n) is 8.41. The van der Waals surface area contributed by atoms with Crippen molar-refractivity contribution in [3.05, 3.63) is 20.8 Å². The largest absolute Gasteiger partial charge is 0.404 e. The van der Waals surface area contributed by atoms with Crippen LogP contribution < -0.4 is 0 Å². The average Bonchev–Trinajstić information content (AvgIpc) is 2.46. The van der Waals surface area contributed by atoms with Crippen LogP contribution in [0.1, 0.15) is 13.8 Å². The highest BCUT2D eigenvalue weighted by molar-refractivity contribution is 9.10. The molecule has 0 amide bonds. The first-order chi connectivity index (χ1) is 6.85. The van der Waals surface area contributed by atoms with E-state index in [2.05, 4.69) is 50.8 Å². The van der Waals surface area contributed by atoms with E-state index in [0.717, 1.165) is 5.33 Å². The Morgan fingerprint density at radius 1 is 1.67 bits per heavy atom. The number of nitrogens with zero attached hydrogens (tertiary/aromatic N) is 3. The molecule has 0 aliphatic carbocycles. The van der Waals surface area contributed by atoms with E-state index in [9.17, 15) is 10.1 Å². The number of rotatable bonds is 4. The average molecular weight is 341 g/mol. The van der Waals surface area contributed by atoms with E-state index in [1.54, 1.807) is 10.9 Å². The molecule has 0 unspecified atom stereocenters. The van der Waals surface area contributed by atoms with Gasteiger partial charge in [-0.05, 0) is 26.3 Å². The molecule has 84 valence electrons. The van der Waals surface area contributed by atoms with Gasteiger partial charge in [-0.25, -0.2) is 0 Å². The molecule has 0 aromatic carbocycles. The van der Waals surface area contributed by atoms with Crippen LogP contribution in [0.2, 0.25) is 0 Å². The quantitative estimate of drug-likeness (QED) is 0.481. The van der Waals surface area contributed by atoms with Crippen molar-refractivity contribution in [3.63, 3.8) is 0 Å². The highest BCUT2D eigenvalue weighted by Crippen LogP contribution is 2.25. The molecule has 0 spiro atoms. The summed E-state index contributed by atoms with van der Waals surface area (Å²) in [6, 6.07) is 0. The Morgan fingerprint density at radius 2 is 2.27 bits per heavy atom. The monoisotopic (exact) mass is 339 g/mol. The molecular weight excluding hydrogens is 330 g/mol. The molecule has 0 radical (unpaired) electrons. The van der Waals surface area contributed by atoms with E-state index in [4.69, 9.17) is 0 Å². The van der Waals surface area contributed by atoms with Crippen molar-refractivity contribution in [1.29, 1.82) is 0 Å². The Bertz CT molecular complexity index is 376. The summed E-state index contributed by atoms with van der Waals surface area (Å²) in [6.07, 6.45) is 1.63. The van der Waals surface area contributed by atoms with Gasteiger partial charge in [0.1, 0.15) is 4.47 Å². The van der Waals surface area contributed by atoms with Crippen molar-refractivity contribution in [3.8, 4) is 0 Å². The minimum atomic E-state index is -0.498. The molecule has 0 aliphatic heterocycles. The van der Waals surface area contributed by atoms with Crippen molar-refractivity contribution in [2.45, 2.75) is 20.4 Å². The van der Waals surface area contributed by atoms with Gasteiger partial charge >= 0.3 is 5.82 Å². The Labute approximate surface area is 104 Å². The van der Waals surface area contributed by atoms with Crippen molar-refractivity contribution in [2.24, 2.45) is 5.41 Å². The lowest BCUT2D eigenvalue weighted by Crippen LogP contribution is -2.21. The molecule has 0 saturated carbocycles. The molecular formula is C8H11Br2N3O2. The first-order valence-corrected chi connectivity index (χ1v) is 6.20. The van der Waals surface area contributed by atoms with Gasteiger partial charge in [0.2, 0.25) is 0 Å². The van der Waals surface area contributed by atoms with E-state index >= 15 is 0 Å². The fourth-order valence-corrected chi connectivity index (χ4v) is 1.71. The van der Waals surface area contributed by atoms with Crippen LogP contribution >= 0.6 is 31.9 Å². The van der Waals surface area contributed by atoms with Crippen LogP contribution in [-0.4, -0.2) is 20.0 Å². The van der Waals surface area contributed by atoms with Gasteiger partial charge in [-0.1, -0.05) is 29.8 Å². The summed E-state index contributed by atoms with van der Waals surface area (Å²) in [7, 11) is 0. The summed E-state index contributed by atoms with van der Waals surface area (Å²) in [5.41, 5.74) is 0.0132. The van der Waals surface area contributed by atoms with Gasteiger partial charge in [0, 0.05) is 5.33 Å². The zero-order valence-corrected chi connectivity index (χ0v) is 11.6. The van der Waals surface area contributed by atoms with Crippen LogP contribution in [-0.2, 0) is 6.54 Å². The maximum Gasteiger partial charge on any atom is 0.404 e. The molecule has 0 aliphatic rings. The molecule has 7 heteroatoms. The lowest BCUT2D eigenvalue weighted by molar-refractivity contribution is -0.390. The van der Waals surface area contributed by atoms with Crippen LogP contribution in [0.3, 0.4) is 0 Å². The number of aromatic nitrogens is 2. The van der Waals surface area contributed by atoms with E-state index in [1.165, 1.54) is 0 Å². The first kappa shape index (κ1) is 12.6. The van der Waals surface area contributed by atoms with E-state index in [0.29, 0.717) is 11.0 Å². The Balaban J connectivity index is 2.89. The molecule has 5 nitrogen and oxygen atoms in total. The van der Waals surface area contributed by atoms with Crippen LogP contribution in [0.15, 0.2) is 10.7 Å². The van der Waals surface area contributed by atoms with Gasteiger partial charge in [0.15, 0.2) is 0 Å². The zero-order chi connectivity index (χ0) is 11.6. The number of halogens is 2. The van der Waals surface area contributed by atoms with Crippen molar-refractivity contribution in [2.75, 3.05) is 5.33 Å². The fraction of sp³-hybridized carbons (Fsp3) is 0.625. The summed E-state index contributed by atoms with van der Waals surface area (Å²) in [5.74, 6) is -0.139. The number of hydrogen-bond donors (Lipinski definition) is 0. The molecule has 0 fully saturated rings. The molecule has 1 heterocycles. The van der Waals surface area contributed by atoms with Gasteiger partial charge in [-0.3, -0.25) is 0 Å². The minimum absolute atomic E-state index is 0.0132. The highest BCUT2D eigenvalue weighted by Gasteiger charge is 2.23. The summed E-state index contributed by atoms with van der Waals surface area (Å²) < 4.78 is 2.00. The molecule has 0 atom stereocenters. The summed E-state index contributed by atoms with van der Waals surface area (Å²) in [6.45, 7) is 4.75. The second kappa shape index (κ2) is 4.61. The van der Waals surface area contributed by atoms with Crippen molar-refractivity contribution in [1.82, 2.24) is 9.78 Å². The molecule has 1 rings (SSSR count). The molecule has 0 bridgehead atoms. The molecule has 15 heavy (non-hydrogen) atoms. The second-order valence-corrected chi connectivity index (χ2v) is 5.47. The van der Waals surface area contributed by atoms with Gasteiger partial charge in [0.05, 0.1) is 17.8 Å². The Kier molecular flexibility index (Phi) is 3.88. The Morgan fingerprint density at radius 3 is 2.67 bits per heavy atom. The molecule has 1 aromatic heterocycles. The highest BCUT2D eigenvalue weighted by atomic mass is 79.9. The maximum atomic E-state index is 10.6. The van der Waals surface area contributed by atoms with Gasteiger partial charge in [-0.15, -0.1) is 0 Å². The fourth-order valence-electron chi connectivity index (χ4n) is 1.07. The minimum Gasteiger partial charge on any atom is -0.358 e. The standard InChI is InChI=1S/C8H11Br2N3O2/c1-8(2,4-9)5-12-3-6(10)7(11-12)13(14)15/h3H,4-5H2,1-2H3. The lowest BCUT2D eigenvalue weighted by Gasteiger charge is -2.19. The Hall–Kier alpha value is -0.430. The summed E-state index contributed by atoms with van der Waals surface area (Å²) in [5, 5.41) is 15.3. The summed E-state index contributed by atoms with van der Waals surface area (Å²) in [4.78, 5) is 10.1. The topological polar surface area (TPSA) is 61.0 Å². The van der Waals surface area contributed by atoms with Crippen molar-refractivity contribution < 1.29 is 4.92 Å². The SMILES string of the molecule is CC(C)(CBr)Cn1cc(Br)c([N+](=O)[O-])n1. The van der Waals surface area contributed by atoms with Crippen LogP contribution in [0.4, 0.5) is 5.82 Å². The van der Waals surface area contributed by atoms with Gasteiger partial charge in [-0.2, -0.15) is 4.68 Å². The number of hydrogen-bond acceptors (Lipinski definition) is 3. The van der Waals surface area contributed by atoms with Gasteiger partial charge < -0.3 is 10.1 Å². The van der Waals surface area contributed by atoms with Crippen LogP contribution in [0.25, 0.3) is 0 Å². The second-order valence-electron chi connectivity index (χ2n) is 4.05. The van der Waals surface area contributed by atoms with Crippen LogP contribution in [0, 0.1) is 15.5 Å². The third-order valence-corrected chi connectivity index (χ3v) is 3.90. The predicted octanol–water partition coefficient (Wildman–Crippen LogP) is 2.97. The smallest absolute Gasteiger partial charge is 0.358 e. The number of alkyl halides is 1. The lowest BCUT2D eigenvalue weighted by atomic mass is 9.97. The van der Waals surface area contributed by atoms with E-state index in [1.807, 2.05) is 0 Å². The predicted molar refractivity (Wildman–Crippen MR) is 64.2 cm³/mol. The third kappa shape index (κ3) is 3.27. The maximum absolute atomic E-state index is 10.6. The molecule has 1 aromatic rings. The molecule has 0 saturated heterocycles. The van der Waals surface area contributed by atoms with E-state index < -0.39 is 4.92 Å². The normalized spacial score (nSPS) is 11.7. The van der Waals surface area contributed by atoms with E-state index in [-0.39, 0.29) is 11.2 Å². The number of nitro groups is 1. The third-order valence-electron chi connectivity index (χ3n) is 1.82. The van der Waals surface area contributed by atoms with Gasteiger partial charge in [0.25, 0.3) is 0 Å². The first-order valence-electron chi connectivity index (χ1n) is 4.29. The van der Waals surface area contributed by atoms with Crippen LogP contribution in [0.5, 0.6) is 0 Å². The van der Waals surface area contributed by atoms with Crippen molar-refractivity contribution >= 4 is 37.7 Å².